The minimum absolute atomic E-state index is 0.0251. The molecule has 5 atom stereocenters. The Morgan fingerprint density at radius 2 is 1.04 bits per heavy atom. The van der Waals surface area contributed by atoms with Crippen LogP contribution in [0.4, 0.5) is 0 Å². The summed E-state index contributed by atoms with van der Waals surface area (Å²) in [5.74, 6) is 1.64. The highest BCUT2D eigenvalue weighted by Gasteiger charge is 2.49. The van der Waals surface area contributed by atoms with Crippen LogP contribution in [0.15, 0.2) is 152 Å². The zero-order valence-electron chi connectivity index (χ0n) is 32.2. The third kappa shape index (κ3) is 10.4. The Morgan fingerprint density at radius 1 is 0.536 bits per heavy atom. The van der Waals surface area contributed by atoms with Gasteiger partial charge in [0.2, 0.25) is 0 Å². The van der Waals surface area contributed by atoms with Crippen molar-refractivity contribution in [2.24, 2.45) is 5.92 Å². The van der Waals surface area contributed by atoms with E-state index in [2.05, 4.69) is 134 Å². The maximum absolute atomic E-state index is 7.24. The van der Waals surface area contributed by atoms with Crippen LogP contribution in [0, 0.1) is 12.8 Å². The molecular formula is C50H52O5S. The summed E-state index contributed by atoms with van der Waals surface area (Å²) < 4.78 is 34.7. The van der Waals surface area contributed by atoms with Crippen molar-refractivity contribution in [1.29, 1.82) is 0 Å². The van der Waals surface area contributed by atoms with Crippen LogP contribution in [-0.4, -0.2) is 31.0 Å². The summed E-state index contributed by atoms with van der Waals surface area (Å²) in [6.45, 7) is 4.49. The quantitative estimate of drug-likeness (QED) is 0.0872. The standard InChI is InChI=1S/C50H52O5S/c1-36-28-45(47(56-36)29-37-22-24-42(25-23-37)43-26-27-43)55-46-30-44(35-51-31-38-14-6-2-7-15-38)48(52-32-39-16-8-3-9-17-39)50(54-34-41-20-12-5-13-21-41)49(46)53-33-40-18-10-4-11-19-40/h2-25,28,43-44,46,48-50H,26-27,29-35H2,1H3. The van der Waals surface area contributed by atoms with Crippen LogP contribution >= 0.6 is 11.3 Å². The molecule has 0 aliphatic heterocycles. The van der Waals surface area contributed by atoms with E-state index in [-0.39, 0.29) is 18.1 Å². The van der Waals surface area contributed by atoms with Crippen LogP contribution in [0.1, 0.15) is 68.3 Å². The molecule has 0 radical (unpaired) electrons. The number of benzene rings is 5. The smallest absolute Gasteiger partial charge is 0.134 e. The number of thiophene rings is 1. The minimum Gasteiger partial charge on any atom is -0.486 e. The molecule has 6 heteroatoms. The first-order valence-electron chi connectivity index (χ1n) is 20.1. The maximum Gasteiger partial charge on any atom is 0.134 e. The number of hydrogen-bond donors (Lipinski definition) is 0. The summed E-state index contributed by atoms with van der Waals surface area (Å²) in [5.41, 5.74) is 7.21. The van der Waals surface area contributed by atoms with Gasteiger partial charge in [0.05, 0.1) is 44.0 Å². The first-order valence-corrected chi connectivity index (χ1v) is 20.9. The van der Waals surface area contributed by atoms with E-state index in [1.165, 1.54) is 33.7 Å². The molecule has 2 aliphatic rings. The average Bonchev–Trinajstić information content (AvgIpc) is 4.04. The van der Waals surface area contributed by atoms with E-state index < -0.39 is 12.2 Å². The fourth-order valence-corrected chi connectivity index (χ4v) is 8.77. The summed E-state index contributed by atoms with van der Waals surface area (Å²) in [6, 6.07) is 52.9. The predicted molar refractivity (Wildman–Crippen MR) is 224 cm³/mol. The SMILES string of the molecule is Cc1cc(OC2CC(COCc3ccccc3)C(OCc3ccccc3)C(OCc3ccccc3)C2OCc2ccccc2)c(Cc2ccc(C3CC3)cc2)s1. The van der Waals surface area contributed by atoms with Gasteiger partial charge in [-0.1, -0.05) is 146 Å². The first kappa shape index (κ1) is 38.3. The lowest BCUT2D eigenvalue weighted by Gasteiger charge is -2.46. The van der Waals surface area contributed by atoms with Gasteiger partial charge in [-0.15, -0.1) is 11.3 Å². The Kier molecular flexibility index (Phi) is 13.0. The third-order valence-electron chi connectivity index (χ3n) is 10.9. The van der Waals surface area contributed by atoms with Gasteiger partial charge in [0.1, 0.15) is 24.1 Å². The van der Waals surface area contributed by atoms with Gasteiger partial charge in [0, 0.05) is 17.2 Å². The van der Waals surface area contributed by atoms with Gasteiger partial charge in [-0.2, -0.15) is 0 Å². The van der Waals surface area contributed by atoms with Crippen molar-refractivity contribution in [3.63, 3.8) is 0 Å². The summed E-state index contributed by atoms with van der Waals surface area (Å²) in [6.07, 6.45) is 2.63. The van der Waals surface area contributed by atoms with Gasteiger partial charge in [-0.3, -0.25) is 0 Å². The number of aryl methyl sites for hydroxylation is 1. The van der Waals surface area contributed by atoms with Gasteiger partial charge in [0.25, 0.3) is 0 Å². The fourth-order valence-electron chi connectivity index (χ4n) is 7.77. The van der Waals surface area contributed by atoms with E-state index in [1.54, 1.807) is 0 Å². The summed E-state index contributed by atoms with van der Waals surface area (Å²) >= 11 is 1.81. The van der Waals surface area contributed by atoms with Crippen molar-refractivity contribution < 1.29 is 23.7 Å². The van der Waals surface area contributed by atoms with Crippen molar-refractivity contribution in [3.05, 3.63) is 195 Å². The Labute approximate surface area is 336 Å². The number of ether oxygens (including phenoxy) is 5. The Balaban J connectivity index is 1.11. The van der Waals surface area contributed by atoms with E-state index in [9.17, 15) is 0 Å². The van der Waals surface area contributed by atoms with Crippen LogP contribution in [-0.2, 0) is 51.8 Å². The van der Waals surface area contributed by atoms with Crippen molar-refractivity contribution >= 4 is 11.3 Å². The van der Waals surface area contributed by atoms with Gasteiger partial charge < -0.3 is 23.7 Å². The van der Waals surface area contributed by atoms with Crippen LogP contribution < -0.4 is 4.74 Å². The molecule has 1 heterocycles. The normalized spacial score (nSPS) is 20.8. The van der Waals surface area contributed by atoms with Crippen LogP contribution in [0.2, 0.25) is 0 Å². The van der Waals surface area contributed by atoms with Crippen molar-refractivity contribution in [2.45, 2.75) is 89.4 Å². The van der Waals surface area contributed by atoms with Gasteiger partial charge >= 0.3 is 0 Å². The fraction of sp³-hybridized carbons (Fsp3) is 0.320. The molecule has 0 spiro atoms. The highest BCUT2D eigenvalue weighted by molar-refractivity contribution is 7.12. The van der Waals surface area contributed by atoms with E-state index in [0.29, 0.717) is 39.5 Å². The second-order valence-corrected chi connectivity index (χ2v) is 16.6. The monoisotopic (exact) mass is 764 g/mol. The molecule has 5 nitrogen and oxygen atoms in total. The van der Waals surface area contributed by atoms with E-state index in [0.717, 1.165) is 40.3 Å². The van der Waals surface area contributed by atoms with Crippen molar-refractivity contribution in [1.82, 2.24) is 0 Å². The second kappa shape index (κ2) is 19.1. The predicted octanol–water partition coefficient (Wildman–Crippen LogP) is 11.3. The van der Waals surface area contributed by atoms with E-state index in [1.807, 2.05) is 35.6 Å². The summed E-state index contributed by atoms with van der Waals surface area (Å²) in [4.78, 5) is 2.45. The third-order valence-corrected chi connectivity index (χ3v) is 11.9. The second-order valence-electron chi connectivity index (χ2n) is 15.3. The molecule has 6 aromatic rings. The van der Waals surface area contributed by atoms with E-state index in [4.69, 9.17) is 23.7 Å². The van der Waals surface area contributed by atoms with Crippen LogP contribution in [0.3, 0.4) is 0 Å². The largest absolute Gasteiger partial charge is 0.486 e. The molecule has 5 aromatic carbocycles. The van der Waals surface area contributed by atoms with Crippen LogP contribution in [0.5, 0.6) is 5.75 Å². The molecule has 0 N–H and O–H groups in total. The average molecular weight is 765 g/mol. The Morgan fingerprint density at radius 3 is 1.57 bits per heavy atom. The lowest BCUT2D eigenvalue weighted by atomic mass is 9.80. The topological polar surface area (TPSA) is 46.2 Å². The molecule has 2 aliphatic carbocycles. The lowest BCUT2D eigenvalue weighted by Crippen LogP contribution is -2.59. The Bertz CT molecular complexity index is 2050. The summed E-state index contributed by atoms with van der Waals surface area (Å²) in [7, 11) is 0. The van der Waals surface area contributed by atoms with Crippen molar-refractivity contribution in [2.75, 3.05) is 6.61 Å². The maximum atomic E-state index is 7.24. The highest BCUT2D eigenvalue weighted by Crippen LogP contribution is 2.41. The minimum atomic E-state index is -0.440. The highest BCUT2D eigenvalue weighted by atomic mass is 32.1. The van der Waals surface area contributed by atoms with Gasteiger partial charge in [0.15, 0.2) is 0 Å². The number of hydrogen-bond acceptors (Lipinski definition) is 6. The molecule has 56 heavy (non-hydrogen) atoms. The molecule has 0 saturated heterocycles. The molecule has 8 rings (SSSR count). The molecule has 0 bridgehead atoms. The van der Waals surface area contributed by atoms with Crippen molar-refractivity contribution in [3.8, 4) is 5.75 Å². The zero-order chi connectivity index (χ0) is 37.9. The molecule has 0 amide bonds. The number of rotatable bonds is 18. The molecule has 2 fully saturated rings. The molecule has 288 valence electrons. The molecule has 5 unspecified atom stereocenters. The van der Waals surface area contributed by atoms with Crippen LogP contribution in [0.25, 0.3) is 0 Å². The molecule has 2 saturated carbocycles. The molecule has 1 aromatic heterocycles. The van der Waals surface area contributed by atoms with Gasteiger partial charge in [-0.25, -0.2) is 0 Å². The molecular weight excluding hydrogens is 713 g/mol. The van der Waals surface area contributed by atoms with Gasteiger partial charge in [-0.05, 0) is 71.6 Å². The zero-order valence-corrected chi connectivity index (χ0v) is 33.0. The summed E-state index contributed by atoms with van der Waals surface area (Å²) in [5, 5.41) is 0. The lowest BCUT2D eigenvalue weighted by molar-refractivity contribution is -0.220. The van der Waals surface area contributed by atoms with E-state index >= 15 is 0 Å². The first-order chi connectivity index (χ1) is 27.6. The Hall–Kier alpha value is -4.56.